The maximum absolute atomic E-state index is 13.0. The first-order valence-electron chi connectivity index (χ1n) is 9.74. The van der Waals surface area contributed by atoms with Gasteiger partial charge in [0.05, 0.1) is 19.1 Å². The zero-order valence-corrected chi connectivity index (χ0v) is 17.2. The van der Waals surface area contributed by atoms with Crippen molar-refractivity contribution in [3.63, 3.8) is 0 Å². The molecule has 0 atom stereocenters. The molecule has 8 nitrogen and oxygen atoms in total. The molecule has 0 fully saturated rings. The molecule has 0 saturated carbocycles. The molecular weight excluding hydrogens is 398 g/mol. The van der Waals surface area contributed by atoms with Crippen LogP contribution in [-0.4, -0.2) is 41.5 Å². The molecule has 158 valence electrons. The molecular formula is C23H21N3O5. The summed E-state index contributed by atoms with van der Waals surface area (Å²) >= 11 is 0. The van der Waals surface area contributed by atoms with E-state index in [2.05, 4.69) is 4.98 Å². The van der Waals surface area contributed by atoms with Crippen LogP contribution >= 0.6 is 0 Å². The number of nitro groups is 1. The first kappa shape index (κ1) is 20.3. The predicted molar refractivity (Wildman–Crippen MR) is 114 cm³/mol. The van der Waals surface area contributed by atoms with Crippen molar-refractivity contribution in [2.45, 2.75) is 13.0 Å². The van der Waals surface area contributed by atoms with E-state index in [1.165, 1.54) is 12.1 Å². The lowest BCUT2D eigenvalue weighted by atomic mass is 9.98. The number of nitrogens with zero attached hydrogens (tertiary/aromatic N) is 3. The number of non-ortho nitro benzene ring substituents is 1. The van der Waals surface area contributed by atoms with E-state index in [9.17, 15) is 14.9 Å². The van der Waals surface area contributed by atoms with Gasteiger partial charge in [0.2, 0.25) is 0 Å². The van der Waals surface area contributed by atoms with Crippen LogP contribution in [0.2, 0.25) is 0 Å². The average molecular weight is 419 g/mol. The number of fused-ring (bicyclic) bond motifs is 1. The highest BCUT2D eigenvalue weighted by Gasteiger charge is 2.24. The summed E-state index contributed by atoms with van der Waals surface area (Å²) in [7, 11) is 3.20. The molecule has 0 bridgehead atoms. The Morgan fingerprint density at radius 2 is 1.65 bits per heavy atom. The highest BCUT2D eigenvalue weighted by molar-refractivity contribution is 5.92. The molecule has 1 aliphatic rings. The van der Waals surface area contributed by atoms with Gasteiger partial charge in [0.15, 0.2) is 11.5 Å². The molecule has 0 saturated heterocycles. The lowest BCUT2D eigenvalue weighted by molar-refractivity contribution is -0.384. The Morgan fingerprint density at radius 3 is 2.23 bits per heavy atom. The van der Waals surface area contributed by atoms with E-state index >= 15 is 0 Å². The van der Waals surface area contributed by atoms with Gasteiger partial charge in [-0.15, -0.1) is 0 Å². The molecule has 2 aromatic carbocycles. The Labute approximate surface area is 179 Å². The Balaban J connectivity index is 1.51. The number of carbonyl (C=O) groups is 1. The summed E-state index contributed by atoms with van der Waals surface area (Å²) in [5, 5.41) is 10.8. The van der Waals surface area contributed by atoms with Crippen molar-refractivity contribution in [2.75, 3.05) is 20.8 Å². The van der Waals surface area contributed by atoms with E-state index in [4.69, 9.17) is 9.47 Å². The summed E-state index contributed by atoms with van der Waals surface area (Å²) in [6.07, 6.45) is 2.34. The number of nitro benzene ring substituents is 1. The highest BCUT2D eigenvalue weighted by Crippen LogP contribution is 2.33. The fourth-order valence-electron chi connectivity index (χ4n) is 3.69. The number of aromatic nitrogens is 1. The Hall–Kier alpha value is -3.94. The fourth-order valence-corrected chi connectivity index (χ4v) is 3.69. The number of carbonyl (C=O) groups excluding carboxylic acids is 1. The standard InChI is InChI=1S/C23H21N3O5/c1-30-21-11-16-9-10-25(14-18(16)12-22(21)31-2)23(27)20-8-5-17(13-24-20)15-3-6-19(7-4-15)26(28)29/h3-8,11-13H,9-10,14H2,1-2H3. The van der Waals surface area contributed by atoms with E-state index in [1.807, 2.05) is 12.1 Å². The summed E-state index contributed by atoms with van der Waals surface area (Å²) in [6.45, 7) is 1.06. The third-order valence-electron chi connectivity index (χ3n) is 5.40. The van der Waals surface area contributed by atoms with Crippen LogP contribution in [0.1, 0.15) is 21.6 Å². The van der Waals surface area contributed by atoms with Gasteiger partial charge in [-0.05, 0) is 53.4 Å². The molecule has 0 unspecified atom stereocenters. The molecule has 3 aromatic rings. The minimum Gasteiger partial charge on any atom is -0.493 e. The number of hydrogen-bond acceptors (Lipinski definition) is 6. The summed E-state index contributed by atoms with van der Waals surface area (Å²) in [6, 6.07) is 13.6. The van der Waals surface area contributed by atoms with Gasteiger partial charge in [0.1, 0.15) is 5.69 Å². The zero-order valence-electron chi connectivity index (χ0n) is 17.2. The molecule has 1 amide bonds. The normalized spacial score (nSPS) is 12.8. The SMILES string of the molecule is COc1cc2c(cc1OC)CN(C(=O)c1ccc(-c3ccc([N+](=O)[O-])cc3)cn1)CC2. The lowest BCUT2D eigenvalue weighted by Gasteiger charge is -2.29. The smallest absolute Gasteiger partial charge is 0.272 e. The van der Waals surface area contributed by atoms with Crippen molar-refractivity contribution in [3.05, 3.63) is 81.7 Å². The van der Waals surface area contributed by atoms with Crippen molar-refractivity contribution in [2.24, 2.45) is 0 Å². The number of pyridine rings is 1. The minimum atomic E-state index is -0.438. The second kappa shape index (κ2) is 8.43. The van der Waals surface area contributed by atoms with Gasteiger partial charge in [-0.25, -0.2) is 0 Å². The van der Waals surface area contributed by atoms with E-state index in [0.717, 1.165) is 28.7 Å². The van der Waals surface area contributed by atoms with E-state index in [0.29, 0.717) is 30.3 Å². The Kier molecular flexibility index (Phi) is 5.53. The summed E-state index contributed by atoms with van der Waals surface area (Å²) in [5.41, 5.74) is 4.14. The molecule has 0 radical (unpaired) electrons. The number of rotatable bonds is 5. The van der Waals surface area contributed by atoms with Gasteiger partial charge in [-0.3, -0.25) is 19.9 Å². The van der Waals surface area contributed by atoms with E-state index in [1.54, 1.807) is 49.6 Å². The predicted octanol–water partition coefficient (Wildman–Crippen LogP) is 3.87. The van der Waals surface area contributed by atoms with Gasteiger partial charge in [0, 0.05) is 37.0 Å². The van der Waals surface area contributed by atoms with E-state index in [-0.39, 0.29) is 11.6 Å². The fraction of sp³-hybridized carbons (Fsp3) is 0.217. The van der Waals surface area contributed by atoms with Crippen molar-refractivity contribution in [1.29, 1.82) is 0 Å². The minimum absolute atomic E-state index is 0.0307. The quantitative estimate of drug-likeness (QED) is 0.460. The second-order valence-electron chi connectivity index (χ2n) is 7.19. The molecule has 8 heteroatoms. The number of hydrogen-bond donors (Lipinski definition) is 0. The van der Waals surface area contributed by atoms with Crippen LogP contribution in [0, 0.1) is 10.1 Å². The van der Waals surface area contributed by atoms with Crippen LogP contribution in [0.4, 0.5) is 5.69 Å². The number of ether oxygens (including phenoxy) is 2. The van der Waals surface area contributed by atoms with E-state index < -0.39 is 4.92 Å². The largest absolute Gasteiger partial charge is 0.493 e. The number of benzene rings is 2. The lowest BCUT2D eigenvalue weighted by Crippen LogP contribution is -2.36. The number of methoxy groups -OCH3 is 2. The first-order chi connectivity index (χ1) is 15.0. The molecule has 1 aliphatic heterocycles. The van der Waals surface area contributed by atoms with Crippen LogP contribution < -0.4 is 9.47 Å². The number of amides is 1. The topological polar surface area (TPSA) is 94.8 Å². The average Bonchev–Trinajstić information content (AvgIpc) is 2.82. The summed E-state index contributed by atoms with van der Waals surface area (Å²) in [4.78, 5) is 29.5. The third kappa shape index (κ3) is 4.05. The van der Waals surface area contributed by atoms with Gasteiger partial charge in [-0.2, -0.15) is 0 Å². The zero-order chi connectivity index (χ0) is 22.0. The molecule has 2 heterocycles. The van der Waals surface area contributed by atoms with Crippen LogP contribution in [0.5, 0.6) is 11.5 Å². The van der Waals surface area contributed by atoms with Crippen LogP contribution in [-0.2, 0) is 13.0 Å². The molecule has 0 aliphatic carbocycles. The molecule has 1 aromatic heterocycles. The van der Waals surface area contributed by atoms with Crippen LogP contribution in [0.3, 0.4) is 0 Å². The van der Waals surface area contributed by atoms with Crippen molar-refractivity contribution >= 4 is 11.6 Å². The van der Waals surface area contributed by atoms with Gasteiger partial charge in [-0.1, -0.05) is 6.07 Å². The van der Waals surface area contributed by atoms with Crippen molar-refractivity contribution in [1.82, 2.24) is 9.88 Å². The Bertz CT molecular complexity index is 1130. The molecule has 0 spiro atoms. The Morgan fingerprint density at radius 1 is 1.00 bits per heavy atom. The van der Waals surface area contributed by atoms with Gasteiger partial charge >= 0.3 is 0 Å². The highest BCUT2D eigenvalue weighted by atomic mass is 16.6. The maximum Gasteiger partial charge on any atom is 0.272 e. The van der Waals surface area contributed by atoms with Crippen LogP contribution in [0.15, 0.2) is 54.7 Å². The maximum atomic E-state index is 13.0. The molecule has 4 rings (SSSR count). The molecule has 0 N–H and O–H groups in total. The molecule has 31 heavy (non-hydrogen) atoms. The second-order valence-corrected chi connectivity index (χ2v) is 7.19. The summed E-state index contributed by atoms with van der Waals surface area (Å²) in [5.74, 6) is 1.18. The third-order valence-corrected chi connectivity index (χ3v) is 5.40. The van der Waals surface area contributed by atoms with Crippen molar-refractivity contribution < 1.29 is 19.2 Å². The summed E-state index contributed by atoms with van der Waals surface area (Å²) < 4.78 is 10.7. The van der Waals surface area contributed by atoms with Gasteiger partial charge in [0.25, 0.3) is 11.6 Å². The first-order valence-corrected chi connectivity index (χ1v) is 9.74. The monoisotopic (exact) mass is 419 g/mol. The van der Waals surface area contributed by atoms with Crippen LogP contribution in [0.25, 0.3) is 11.1 Å². The van der Waals surface area contributed by atoms with Crippen molar-refractivity contribution in [3.8, 4) is 22.6 Å². The van der Waals surface area contributed by atoms with Gasteiger partial charge < -0.3 is 14.4 Å².